The molecule has 1 aromatic carbocycles. The average molecular weight is 231 g/mol. The zero-order valence-corrected chi connectivity index (χ0v) is 12.0. The molecule has 0 amide bonds. The second-order valence-electron chi connectivity index (χ2n) is 2.92. The maximum Gasteiger partial charge on any atom is 1.00 e. The van der Waals surface area contributed by atoms with Crippen molar-refractivity contribution in [1.29, 1.82) is 0 Å². The van der Waals surface area contributed by atoms with Crippen molar-refractivity contribution in [3.05, 3.63) is 34.9 Å². The largest absolute Gasteiger partial charge is 1.00 e. The summed E-state index contributed by atoms with van der Waals surface area (Å²) in [6, 6.07) is 8.46. The van der Waals surface area contributed by atoms with Crippen LogP contribution in [0, 0.1) is 13.0 Å². The third-order valence-electron chi connectivity index (χ3n) is 1.93. The molecule has 0 aliphatic heterocycles. The molecule has 0 saturated carbocycles. The number of nitrogen functional groups attached to an aromatic ring is 1. The minimum atomic E-state index is 0. The van der Waals surface area contributed by atoms with E-state index in [4.69, 9.17) is 17.3 Å². The van der Waals surface area contributed by atoms with Crippen LogP contribution in [0.25, 0.3) is 10.9 Å². The number of anilines is 1. The van der Waals surface area contributed by atoms with E-state index in [-0.39, 0.29) is 51.4 Å². The van der Waals surface area contributed by atoms with Crippen molar-refractivity contribution in [3.8, 4) is 0 Å². The Labute approximate surface area is 130 Å². The van der Waals surface area contributed by atoms with E-state index in [0.717, 1.165) is 16.5 Å². The van der Waals surface area contributed by atoms with Crippen molar-refractivity contribution in [1.82, 2.24) is 4.98 Å². The van der Waals surface area contributed by atoms with Crippen molar-refractivity contribution in [3.63, 3.8) is 0 Å². The van der Waals surface area contributed by atoms with Crippen molar-refractivity contribution in [2.24, 2.45) is 0 Å². The fraction of sp³-hybridized carbons (Fsp3) is 0.100. The van der Waals surface area contributed by atoms with Crippen LogP contribution in [0.2, 0.25) is 5.02 Å². The van der Waals surface area contributed by atoms with Gasteiger partial charge in [-0.1, -0.05) is 17.7 Å². The molecule has 66 valence electrons. The summed E-state index contributed by atoms with van der Waals surface area (Å²) in [5.74, 6) is 0.465. The molecule has 4 heteroatoms. The van der Waals surface area contributed by atoms with Gasteiger partial charge in [-0.25, -0.2) is 0 Å². The van der Waals surface area contributed by atoms with Crippen molar-refractivity contribution < 1.29 is 51.4 Å². The first kappa shape index (κ1) is 12.4. The fourth-order valence-corrected chi connectivity index (χ4v) is 1.43. The monoisotopic (exact) mass is 230 g/mol. The molecule has 2 aromatic rings. The number of halogens is 1. The Morgan fingerprint density at radius 2 is 2.14 bits per heavy atom. The minimum absolute atomic E-state index is 0. The molecular formula is C10H8ClKN2. The fourth-order valence-electron chi connectivity index (χ4n) is 1.22. The number of rotatable bonds is 0. The summed E-state index contributed by atoms with van der Waals surface area (Å²) in [4.78, 5) is 4.14. The number of benzene rings is 1. The van der Waals surface area contributed by atoms with Gasteiger partial charge >= 0.3 is 51.4 Å². The minimum Gasteiger partial charge on any atom is -0.422 e. The Kier molecular flexibility index (Phi) is 4.37. The first-order valence-corrected chi connectivity index (χ1v) is 4.29. The van der Waals surface area contributed by atoms with Gasteiger partial charge in [0.05, 0.1) is 0 Å². The van der Waals surface area contributed by atoms with E-state index >= 15 is 0 Å². The quantitative estimate of drug-likeness (QED) is 0.494. The summed E-state index contributed by atoms with van der Waals surface area (Å²) < 4.78 is 0. The van der Waals surface area contributed by atoms with Crippen molar-refractivity contribution in [2.75, 3.05) is 5.73 Å². The summed E-state index contributed by atoms with van der Waals surface area (Å²) in [7, 11) is 0. The number of nitrogens with two attached hydrogens (primary N) is 1. The van der Waals surface area contributed by atoms with Crippen LogP contribution < -0.4 is 57.1 Å². The van der Waals surface area contributed by atoms with E-state index in [9.17, 15) is 0 Å². The van der Waals surface area contributed by atoms with Gasteiger partial charge in [-0.15, -0.1) is 29.1 Å². The van der Waals surface area contributed by atoms with E-state index in [1.165, 1.54) is 0 Å². The van der Waals surface area contributed by atoms with Gasteiger partial charge < -0.3 is 10.7 Å². The van der Waals surface area contributed by atoms with E-state index in [0.29, 0.717) is 10.8 Å². The Hall–Kier alpha value is 0.356. The second kappa shape index (κ2) is 4.92. The summed E-state index contributed by atoms with van der Waals surface area (Å²) in [5.41, 5.74) is 7.34. The van der Waals surface area contributed by atoms with Gasteiger partial charge in [-0.05, 0) is 17.5 Å². The normalized spacial score (nSPS) is 9.86. The molecule has 2 N–H and O–H groups in total. The number of hydrogen-bond acceptors (Lipinski definition) is 2. The third-order valence-corrected chi connectivity index (χ3v) is 2.41. The second-order valence-corrected chi connectivity index (χ2v) is 3.29. The summed E-state index contributed by atoms with van der Waals surface area (Å²) in [5, 5.41) is 1.53. The van der Waals surface area contributed by atoms with E-state index < -0.39 is 0 Å². The van der Waals surface area contributed by atoms with Crippen LogP contribution in [-0.2, 0) is 0 Å². The van der Waals surface area contributed by atoms with Gasteiger partial charge in [0.15, 0.2) is 0 Å². The molecule has 0 bridgehead atoms. The van der Waals surface area contributed by atoms with Gasteiger partial charge in [0, 0.05) is 5.82 Å². The van der Waals surface area contributed by atoms with Gasteiger partial charge in [0.1, 0.15) is 0 Å². The molecule has 1 heterocycles. The number of pyridine rings is 1. The van der Waals surface area contributed by atoms with Gasteiger partial charge in [0.25, 0.3) is 0 Å². The molecule has 0 saturated heterocycles. The Morgan fingerprint density at radius 1 is 1.43 bits per heavy atom. The van der Waals surface area contributed by atoms with Gasteiger partial charge in [-0.3, -0.25) is 0 Å². The molecule has 0 fully saturated rings. The summed E-state index contributed by atoms with van der Waals surface area (Å²) in [6.07, 6.45) is 0. The molecule has 14 heavy (non-hydrogen) atoms. The molecule has 0 aliphatic rings. The number of nitrogens with zero attached hydrogens (tertiary/aromatic N) is 1. The maximum atomic E-state index is 6.07. The number of aromatic nitrogens is 1. The van der Waals surface area contributed by atoms with Crippen molar-refractivity contribution >= 4 is 28.3 Å². The van der Waals surface area contributed by atoms with E-state index in [1.807, 2.05) is 19.1 Å². The molecule has 0 atom stereocenters. The van der Waals surface area contributed by atoms with E-state index in [1.54, 1.807) is 6.07 Å². The molecule has 0 aliphatic carbocycles. The first-order chi connectivity index (χ1) is 6.18. The molecule has 2 nitrogen and oxygen atoms in total. The molecule has 0 spiro atoms. The maximum absolute atomic E-state index is 6.07. The van der Waals surface area contributed by atoms with Gasteiger partial charge in [0.2, 0.25) is 0 Å². The van der Waals surface area contributed by atoms with Gasteiger partial charge in [-0.2, -0.15) is 0 Å². The summed E-state index contributed by atoms with van der Waals surface area (Å²) in [6.45, 7) is 1.95. The van der Waals surface area contributed by atoms with Crippen LogP contribution >= 0.6 is 11.6 Å². The standard InChI is InChI=1S/C10H8ClN2.K/c1-6-2-4-8-7(10(6)11)3-5-9(12)13-8;/h2,4-5H,1H3,(H2,12,13);/q-1;+1. The van der Waals surface area contributed by atoms with Crippen LogP contribution in [0.1, 0.15) is 5.56 Å². The number of aryl methyl sites for hydroxylation is 1. The molecule has 1 aromatic heterocycles. The molecule has 0 radical (unpaired) electrons. The summed E-state index contributed by atoms with van der Waals surface area (Å²) >= 11 is 6.07. The smallest absolute Gasteiger partial charge is 0.422 e. The number of hydrogen-bond donors (Lipinski definition) is 1. The van der Waals surface area contributed by atoms with Crippen LogP contribution in [0.4, 0.5) is 5.82 Å². The van der Waals surface area contributed by atoms with Crippen LogP contribution in [-0.4, -0.2) is 4.98 Å². The van der Waals surface area contributed by atoms with E-state index in [2.05, 4.69) is 11.1 Å². The molecular weight excluding hydrogens is 223 g/mol. The zero-order chi connectivity index (χ0) is 9.42. The van der Waals surface area contributed by atoms with Crippen LogP contribution in [0.15, 0.2) is 18.2 Å². The third kappa shape index (κ3) is 2.29. The molecule has 0 unspecified atom stereocenters. The predicted molar refractivity (Wildman–Crippen MR) is 54.7 cm³/mol. The SMILES string of the molecule is Cc1ccc2nc(N)c[c-]c2c1Cl.[K+]. The zero-order valence-electron chi connectivity index (χ0n) is 8.13. The number of fused-ring (bicyclic) bond motifs is 1. The topological polar surface area (TPSA) is 38.9 Å². The first-order valence-electron chi connectivity index (χ1n) is 3.91. The Balaban J connectivity index is 0.000000980. The van der Waals surface area contributed by atoms with Crippen LogP contribution in [0.5, 0.6) is 0 Å². The predicted octanol–water partition coefficient (Wildman–Crippen LogP) is -0.417. The van der Waals surface area contributed by atoms with Crippen molar-refractivity contribution in [2.45, 2.75) is 6.92 Å². The average Bonchev–Trinajstić information content (AvgIpc) is 2.12. The Morgan fingerprint density at radius 3 is 2.86 bits per heavy atom. The molecule has 2 rings (SSSR count). The Bertz CT molecular complexity index is 471. The van der Waals surface area contributed by atoms with Crippen LogP contribution in [0.3, 0.4) is 0 Å².